The number of amides is 4. The van der Waals surface area contributed by atoms with E-state index in [1.807, 2.05) is 73.4 Å². The summed E-state index contributed by atoms with van der Waals surface area (Å²) in [5.74, 6) is -5.70. The van der Waals surface area contributed by atoms with Gasteiger partial charge < -0.3 is 44.9 Å². The number of hydrogen-bond donors (Lipinski definition) is 4. The molecule has 9 atom stereocenters. The number of nitrogens with one attached hydrogen (secondary N) is 2. The third kappa shape index (κ3) is 16.9. The molecule has 0 saturated carbocycles. The third-order valence-corrected chi connectivity index (χ3v) is 12.9. The topological polar surface area (TPSA) is 225 Å². The molecule has 0 bridgehead atoms. The summed E-state index contributed by atoms with van der Waals surface area (Å²) in [5, 5.41) is 24.3. The molecule has 2 rings (SSSR count). The molecule has 4 N–H and O–H groups in total. The normalized spacial score (nSPS) is 17.8. The number of aliphatic carboxylic acids is 2. The summed E-state index contributed by atoms with van der Waals surface area (Å²) in [6, 6.07) is 5.62. The maximum absolute atomic E-state index is 14.5. The fourth-order valence-corrected chi connectivity index (χ4v) is 8.88. The van der Waals surface area contributed by atoms with E-state index in [2.05, 4.69) is 10.6 Å². The number of hydrogen-bond acceptors (Lipinski definition) is 12. The largest absolute Gasteiger partial charge is 0.480 e. The zero-order valence-corrected chi connectivity index (χ0v) is 41.7. The number of nitrogens with zero attached hydrogens (tertiary/aromatic N) is 4. The molecule has 1 unspecified atom stereocenters. The average Bonchev–Trinajstić information content (AvgIpc) is 3.74. The van der Waals surface area contributed by atoms with E-state index >= 15 is 0 Å². The zero-order chi connectivity index (χ0) is 50.0. The summed E-state index contributed by atoms with van der Waals surface area (Å²) in [6.07, 6.45) is 0.395. The first-order valence-corrected chi connectivity index (χ1v) is 23.3. The van der Waals surface area contributed by atoms with Gasteiger partial charge in [0.1, 0.15) is 18.7 Å². The third-order valence-electron chi connectivity index (χ3n) is 12.9. The first kappa shape index (κ1) is 57.5. The number of carbonyl (C=O) groups is 7. The number of likely N-dealkylation sites (N-methyl/N-ethyl adjacent to an activating group) is 2. The van der Waals surface area contributed by atoms with E-state index in [4.69, 9.17) is 14.2 Å². The highest BCUT2D eigenvalue weighted by atomic mass is 16.5. The molecule has 1 heterocycles. The Bertz CT molecular complexity index is 1710. The van der Waals surface area contributed by atoms with Gasteiger partial charge >= 0.3 is 17.9 Å². The molecule has 66 heavy (non-hydrogen) atoms. The smallest absolute Gasteiger partial charge is 0.329 e. The molecule has 1 aliphatic heterocycles. The molecule has 0 aliphatic carbocycles. The predicted octanol–water partition coefficient (Wildman–Crippen LogP) is 3.15. The Morgan fingerprint density at radius 1 is 0.833 bits per heavy atom. The molecule has 4 amide bonds. The van der Waals surface area contributed by atoms with Crippen molar-refractivity contribution in [3.8, 4) is 0 Å². The van der Waals surface area contributed by atoms with Gasteiger partial charge in [-0.2, -0.15) is 0 Å². The first-order valence-electron chi connectivity index (χ1n) is 23.3. The van der Waals surface area contributed by atoms with Crippen LogP contribution in [0.15, 0.2) is 30.3 Å². The molecule has 1 aromatic carbocycles. The van der Waals surface area contributed by atoms with E-state index < -0.39 is 85.2 Å². The summed E-state index contributed by atoms with van der Waals surface area (Å²) in [7, 11) is 6.60. The van der Waals surface area contributed by atoms with Gasteiger partial charge in [0.05, 0.1) is 55.8 Å². The molecule has 1 aliphatic rings. The number of benzene rings is 1. The number of rotatable bonds is 29. The Hall–Kier alpha value is -4.65. The molecule has 0 aromatic heterocycles. The summed E-state index contributed by atoms with van der Waals surface area (Å²) in [4.78, 5) is 99.2. The van der Waals surface area contributed by atoms with Crippen molar-refractivity contribution in [2.45, 2.75) is 143 Å². The summed E-state index contributed by atoms with van der Waals surface area (Å²) in [6.45, 7) is 16.3. The molecule has 18 heteroatoms. The van der Waals surface area contributed by atoms with Crippen molar-refractivity contribution in [3.05, 3.63) is 35.9 Å². The van der Waals surface area contributed by atoms with Crippen molar-refractivity contribution >= 4 is 41.5 Å². The van der Waals surface area contributed by atoms with Crippen molar-refractivity contribution in [1.29, 1.82) is 0 Å². The van der Waals surface area contributed by atoms with Crippen molar-refractivity contribution in [2.24, 2.45) is 23.7 Å². The Morgan fingerprint density at radius 3 is 1.94 bits per heavy atom. The van der Waals surface area contributed by atoms with Crippen LogP contribution in [0, 0.1) is 23.7 Å². The van der Waals surface area contributed by atoms with Gasteiger partial charge in [-0.3, -0.25) is 38.6 Å². The highest BCUT2D eigenvalue weighted by Gasteiger charge is 2.44. The Kier molecular flexibility index (Phi) is 24.3. The van der Waals surface area contributed by atoms with Crippen LogP contribution < -0.4 is 10.6 Å². The van der Waals surface area contributed by atoms with Gasteiger partial charge in [-0.15, -0.1) is 0 Å². The number of ether oxygens (including phenoxy) is 3. The van der Waals surface area contributed by atoms with E-state index in [-0.39, 0.29) is 67.5 Å². The molecule has 0 spiro atoms. The van der Waals surface area contributed by atoms with Crippen molar-refractivity contribution in [3.63, 3.8) is 0 Å². The lowest BCUT2D eigenvalue weighted by molar-refractivity contribution is -0.150. The average molecular weight is 933 g/mol. The van der Waals surface area contributed by atoms with Gasteiger partial charge in [0.15, 0.2) is 0 Å². The molecule has 1 fully saturated rings. The maximum Gasteiger partial charge on any atom is 0.329 e. The quantitative estimate of drug-likeness (QED) is 0.0848. The molecule has 1 aromatic rings. The van der Waals surface area contributed by atoms with Crippen LogP contribution in [0.5, 0.6) is 0 Å². The lowest BCUT2D eigenvalue weighted by atomic mass is 9.89. The van der Waals surface area contributed by atoms with E-state index in [9.17, 15) is 43.8 Å². The number of carboxylic acid groups (broad SMARTS) is 2. The molecule has 0 radical (unpaired) electrons. The molecule has 374 valence electrons. The van der Waals surface area contributed by atoms with E-state index in [1.165, 1.54) is 14.2 Å². The predicted molar refractivity (Wildman–Crippen MR) is 249 cm³/mol. The first-order chi connectivity index (χ1) is 31.0. The lowest BCUT2D eigenvalue weighted by Gasteiger charge is -2.41. The number of methoxy groups -OCH3 is 2. The fourth-order valence-electron chi connectivity index (χ4n) is 8.88. The summed E-state index contributed by atoms with van der Waals surface area (Å²) >= 11 is 0. The van der Waals surface area contributed by atoms with Gasteiger partial charge in [-0.1, -0.05) is 85.2 Å². The maximum atomic E-state index is 14.5. The fraction of sp³-hybridized carbons (Fsp3) is 0.729. The number of esters is 1. The van der Waals surface area contributed by atoms with Gasteiger partial charge in [0.25, 0.3) is 0 Å². The van der Waals surface area contributed by atoms with Gasteiger partial charge in [0.2, 0.25) is 23.6 Å². The van der Waals surface area contributed by atoms with Crippen LogP contribution in [-0.2, 0) is 54.2 Å². The summed E-state index contributed by atoms with van der Waals surface area (Å²) < 4.78 is 17.5. The van der Waals surface area contributed by atoms with Crippen molar-refractivity contribution < 1.29 is 58.0 Å². The van der Waals surface area contributed by atoms with Crippen LogP contribution in [0.1, 0.15) is 93.6 Å². The Morgan fingerprint density at radius 2 is 1.44 bits per heavy atom. The number of carbonyl (C=O) groups excluding carboxylic acids is 5. The molecule has 1 saturated heterocycles. The van der Waals surface area contributed by atoms with Crippen molar-refractivity contribution in [2.75, 3.05) is 61.1 Å². The number of likely N-dealkylation sites (tertiary alicyclic amines) is 1. The Labute approximate surface area is 392 Å². The van der Waals surface area contributed by atoms with Crippen LogP contribution in [0.2, 0.25) is 0 Å². The van der Waals surface area contributed by atoms with Crippen LogP contribution in [-0.4, -0.2) is 181 Å². The van der Waals surface area contributed by atoms with Crippen LogP contribution in [0.25, 0.3) is 0 Å². The second-order valence-electron chi connectivity index (χ2n) is 18.7. The van der Waals surface area contributed by atoms with Gasteiger partial charge in [0, 0.05) is 46.8 Å². The highest BCUT2D eigenvalue weighted by Crippen LogP contribution is 2.30. The monoisotopic (exact) mass is 933 g/mol. The van der Waals surface area contributed by atoms with Gasteiger partial charge in [-0.25, -0.2) is 4.79 Å². The highest BCUT2D eigenvalue weighted by molar-refractivity contribution is 5.90. The molecular weight excluding hydrogens is 853 g/mol. The van der Waals surface area contributed by atoms with E-state index in [0.29, 0.717) is 25.8 Å². The second-order valence-corrected chi connectivity index (χ2v) is 18.7. The van der Waals surface area contributed by atoms with Gasteiger partial charge in [-0.05, 0) is 57.1 Å². The minimum Gasteiger partial charge on any atom is -0.480 e. The minimum absolute atomic E-state index is 0.00427. The van der Waals surface area contributed by atoms with Crippen molar-refractivity contribution in [1.82, 2.24) is 30.2 Å². The number of carboxylic acids is 2. The standard InChI is InChI=1S/C48H80N6O12/c1-14-32(8)43(52(11)47(62)41(29(2)3)50-46(61)42(30(4)5)51(10)31(6)7)37(64-12)26-38(55)54-22-18-21-36(54)44(65-13)33(9)45(60)49-35(25-34-19-16-15-17-20-34)48(63)66-24-23-53(27-39(56)57)28-40(58)59/h15-17,19-20,29-33,35-37,41-44H,14,18,21-28H2,1-13H3,(H,49,60)(H,50,61)(H,56,57)(H,58,59)/t32-,33+,35-,36-,37?,41-,42-,43-,44+/m0/s1. The second kappa shape index (κ2) is 27.9. The molecule has 18 nitrogen and oxygen atoms in total. The zero-order valence-electron chi connectivity index (χ0n) is 41.7. The minimum atomic E-state index is -1.24. The Balaban J connectivity index is 2.31. The van der Waals surface area contributed by atoms with E-state index in [1.54, 1.807) is 48.0 Å². The SMILES string of the molecule is CC[C@H](C)[C@@H](C(CC(=O)N1CCC[C@H]1[C@H](OC)[C@@H](C)C(=O)N[C@@H](Cc1ccccc1)C(=O)OCCN(CC(=O)O)CC(=O)O)OC)N(C)C(=O)[C@@H](NC(=O)[C@H](C(C)C)N(C)C(C)C)C(C)C. The van der Waals surface area contributed by atoms with Crippen LogP contribution in [0.4, 0.5) is 0 Å². The lowest BCUT2D eigenvalue weighted by Crippen LogP contribution is -2.60. The summed E-state index contributed by atoms with van der Waals surface area (Å²) in [5.41, 5.74) is 0.732. The van der Waals surface area contributed by atoms with Crippen LogP contribution >= 0.6 is 0 Å². The molecular formula is C48H80N6O12. The van der Waals surface area contributed by atoms with Crippen LogP contribution in [0.3, 0.4) is 0 Å². The van der Waals surface area contributed by atoms with E-state index in [0.717, 1.165) is 10.5 Å².